The molecule has 0 spiro atoms. The molecule has 5 nitrogen and oxygen atoms in total. The Hall–Kier alpha value is -1.91. The molecule has 2 rings (SSSR count). The number of aromatic nitrogens is 3. The molecule has 1 amide bonds. The Morgan fingerprint density at radius 1 is 1.58 bits per heavy atom. The fourth-order valence-corrected chi connectivity index (χ4v) is 0.982. The zero-order valence-corrected chi connectivity index (χ0v) is 6.14. The Bertz CT molecular complexity index is 434. The van der Waals surface area contributed by atoms with E-state index in [1.54, 1.807) is 29.0 Å². The Labute approximate surface area is 67.8 Å². The third-order valence-corrected chi connectivity index (χ3v) is 1.59. The third-order valence-electron chi connectivity index (χ3n) is 1.59. The first-order valence-corrected chi connectivity index (χ1v) is 3.37. The van der Waals surface area contributed by atoms with Crippen molar-refractivity contribution in [2.24, 2.45) is 5.73 Å². The van der Waals surface area contributed by atoms with E-state index in [-0.39, 0.29) is 0 Å². The van der Waals surface area contributed by atoms with Crippen molar-refractivity contribution in [3.8, 4) is 0 Å². The van der Waals surface area contributed by atoms with Crippen molar-refractivity contribution >= 4 is 11.4 Å². The van der Waals surface area contributed by atoms with Crippen LogP contribution in [-0.2, 0) is 0 Å². The van der Waals surface area contributed by atoms with E-state index in [1.807, 2.05) is 0 Å². The molecule has 2 aromatic rings. The van der Waals surface area contributed by atoms with E-state index < -0.39 is 5.91 Å². The zero-order valence-electron chi connectivity index (χ0n) is 6.14. The number of carbonyl (C=O) groups excluding carboxylic acids is 1. The lowest BCUT2D eigenvalue weighted by molar-refractivity contribution is 0.100. The van der Waals surface area contributed by atoms with Gasteiger partial charge in [-0.2, -0.15) is 0 Å². The largest absolute Gasteiger partial charge is 0.366 e. The van der Waals surface area contributed by atoms with Gasteiger partial charge in [-0.1, -0.05) is 5.21 Å². The van der Waals surface area contributed by atoms with Gasteiger partial charge < -0.3 is 5.73 Å². The van der Waals surface area contributed by atoms with Crippen molar-refractivity contribution in [1.29, 1.82) is 0 Å². The van der Waals surface area contributed by atoms with Gasteiger partial charge in [0, 0.05) is 11.8 Å². The number of carbonyl (C=O) groups is 1. The minimum Gasteiger partial charge on any atom is -0.366 e. The van der Waals surface area contributed by atoms with E-state index in [2.05, 4.69) is 10.3 Å². The fraction of sp³-hybridized carbons (Fsp3) is 0. The van der Waals surface area contributed by atoms with Crippen LogP contribution in [0.5, 0.6) is 0 Å². The van der Waals surface area contributed by atoms with Crippen molar-refractivity contribution in [3.05, 3.63) is 30.1 Å². The molecule has 2 aromatic heterocycles. The summed E-state index contributed by atoms with van der Waals surface area (Å²) in [7, 11) is 0. The van der Waals surface area contributed by atoms with Crippen molar-refractivity contribution in [1.82, 2.24) is 14.8 Å². The first-order valence-electron chi connectivity index (χ1n) is 3.37. The lowest BCUT2D eigenvalue weighted by atomic mass is 10.2. The van der Waals surface area contributed by atoms with Gasteiger partial charge in [-0.3, -0.25) is 4.79 Å². The number of nitrogens with zero attached hydrogens (tertiary/aromatic N) is 3. The van der Waals surface area contributed by atoms with E-state index in [0.717, 1.165) is 5.52 Å². The molecule has 12 heavy (non-hydrogen) atoms. The number of hydrogen-bond donors (Lipinski definition) is 1. The lowest BCUT2D eigenvalue weighted by Crippen LogP contribution is -2.10. The highest BCUT2D eigenvalue weighted by molar-refractivity contribution is 5.93. The van der Waals surface area contributed by atoms with Gasteiger partial charge >= 0.3 is 0 Å². The number of rotatable bonds is 1. The van der Waals surface area contributed by atoms with Crippen LogP contribution in [0.2, 0.25) is 0 Å². The maximum Gasteiger partial charge on any atom is 0.248 e. The average Bonchev–Trinajstić information content (AvgIpc) is 2.49. The van der Waals surface area contributed by atoms with E-state index in [4.69, 9.17) is 5.73 Å². The van der Waals surface area contributed by atoms with Crippen molar-refractivity contribution in [3.63, 3.8) is 0 Å². The summed E-state index contributed by atoms with van der Waals surface area (Å²) in [4.78, 5) is 10.7. The summed E-state index contributed by atoms with van der Waals surface area (Å²) >= 11 is 0. The van der Waals surface area contributed by atoms with Crippen molar-refractivity contribution in [2.45, 2.75) is 0 Å². The summed E-state index contributed by atoms with van der Waals surface area (Å²) in [6.07, 6.45) is 3.20. The molecule has 5 heteroatoms. The average molecular weight is 162 g/mol. The molecule has 60 valence electrons. The molecule has 0 saturated heterocycles. The molecule has 0 atom stereocenters. The second kappa shape index (κ2) is 2.30. The second-order valence-electron chi connectivity index (χ2n) is 2.38. The summed E-state index contributed by atoms with van der Waals surface area (Å²) in [5.41, 5.74) is 6.30. The molecular formula is C7H6N4O. The molecule has 0 aromatic carbocycles. The highest BCUT2D eigenvalue weighted by Gasteiger charge is 2.01. The molecule has 0 fully saturated rings. The number of primary amides is 1. The molecule has 0 aliphatic carbocycles. The second-order valence-corrected chi connectivity index (χ2v) is 2.38. The Morgan fingerprint density at radius 3 is 3.17 bits per heavy atom. The summed E-state index contributed by atoms with van der Waals surface area (Å²) in [6.45, 7) is 0. The monoisotopic (exact) mass is 162 g/mol. The normalized spacial score (nSPS) is 10.3. The topological polar surface area (TPSA) is 73.3 Å². The number of nitrogens with two attached hydrogens (primary N) is 1. The summed E-state index contributed by atoms with van der Waals surface area (Å²) in [6, 6.07) is 3.24. The van der Waals surface area contributed by atoms with Crippen LogP contribution in [0, 0.1) is 0 Å². The fourth-order valence-electron chi connectivity index (χ4n) is 0.982. The first-order chi connectivity index (χ1) is 5.77. The van der Waals surface area contributed by atoms with Gasteiger partial charge in [0.05, 0.1) is 11.7 Å². The van der Waals surface area contributed by atoms with Crippen LogP contribution < -0.4 is 5.73 Å². The van der Waals surface area contributed by atoms with E-state index in [1.165, 1.54) is 0 Å². The summed E-state index contributed by atoms with van der Waals surface area (Å²) in [5, 5.41) is 7.40. The number of pyridine rings is 1. The first kappa shape index (κ1) is 6.78. The van der Waals surface area contributed by atoms with Crippen LogP contribution in [0.1, 0.15) is 10.4 Å². The van der Waals surface area contributed by atoms with Crippen LogP contribution in [0.4, 0.5) is 0 Å². The number of hydrogen-bond acceptors (Lipinski definition) is 3. The summed E-state index contributed by atoms with van der Waals surface area (Å²) < 4.78 is 1.56. The molecule has 0 radical (unpaired) electrons. The molecule has 0 saturated carbocycles. The van der Waals surface area contributed by atoms with Gasteiger partial charge in [0.2, 0.25) is 5.91 Å². The zero-order chi connectivity index (χ0) is 8.55. The van der Waals surface area contributed by atoms with E-state index in [9.17, 15) is 4.79 Å². The third kappa shape index (κ3) is 0.914. The van der Waals surface area contributed by atoms with E-state index in [0.29, 0.717) is 5.56 Å². The Kier molecular flexibility index (Phi) is 1.30. The SMILES string of the molecule is NC(=O)c1ccn2nncc2c1. The van der Waals surface area contributed by atoms with E-state index >= 15 is 0 Å². The lowest BCUT2D eigenvalue weighted by Gasteiger charge is -1.94. The molecule has 0 bridgehead atoms. The molecule has 2 heterocycles. The van der Waals surface area contributed by atoms with Gasteiger partial charge in [-0.15, -0.1) is 5.10 Å². The predicted molar refractivity (Wildman–Crippen MR) is 41.5 cm³/mol. The minimum absolute atomic E-state index is 0.446. The van der Waals surface area contributed by atoms with Gasteiger partial charge in [0.25, 0.3) is 0 Å². The van der Waals surface area contributed by atoms with Gasteiger partial charge in [0.15, 0.2) is 0 Å². The number of fused-ring (bicyclic) bond motifs is 1. The highest BCUT2D eigenvalue weighted by atomic mass is 16.1. The Morgan fingerprint density at radius 2 is 2.42 bits per heavy atom. The maximum absolute atomic E-state index is 10.7. The molecule has 2 N–H and O–H groups in total. The van der Waals surface area contributed by atoms with Crippen LogP contribution in [0.15, 0.2) is 24.5 Å². The van der Waals surface area contributed by atoms with Crippen LogP contribution >= 0.6 is 0 Å². The van der Waals surface area contributed by atoms with Gasteiger partial charge in [-0.25, -0.2) is 4.52 Å². The van der Waals surface area contributed by atoms with Gasteiger partial charge in [-0.05, 0) is 12.1 Å². The predicted octanol–water partition coefficient (Wildman–Crippen LogP) is -0.172. The van der Waals surface area contributed by atoms with Crippen LogP contribution in [0.3, 0.4) is 0 Å². The molecular weight excluding hydrogens is 156 g/mol. The number of amides is 1. The standard InChI is InChI=1S/C7H6N4O/c8-7(12)5-1-2-11-6(3-5)4-9-10-11/h1-4H,(H2,8,12). The highest BCUT2D eigenvalue weighted by Crippen LogP contribution is 2.03. The van der Waals surface area contributed by atoms with Crippen molar-refractivity contribution in [2.75, 3.05) is 0 Å². The van der Waals surface area contributed by atoms with Crippen LogP contribution in [-0.4, -0.2) is 20.7 Å². The smallest absolute Gasteiger partial charge is 0.248 e. The molecule has 0 aliphatic heterocycles. The van der Waals surface area contributed by atoms with Gasteiger partial charge in [0.1, 0.15) is 0 Å². The van der Waals surface area contributed by atoms with Crippen LogP contribution in [0.25, 0.3) is 5.52 Å². The molecule has 0 unspecified atom stereocenters. The summed E-state index contributed by atoms with van der Waals surface area (Å²) in [5.74, 6) is -0.446. The minimum atomic E-state index is -0.446. The quantitative estimate of drug-likeness (QED) is 0.632. The Balaban J connectivity index is 2.68. The maximum atomic E-state index is 10.7. The molecule has 0 aliphatic rings. The van der Waals surface area contributed by atoms with Crippen molar-refractivity contribution < 1.29 is 4.79 Å².